The fraction of sp³-hybridized carbons (Fsp3) is 0.333. The molecule has 1 radical (unpaired) electrons. The zero-order valence-electron chi connectivity index (χ0n) is 6.29. The van der Waals surface area contributed by atoms with Gasteiger partial charge in [-0.2, -0.15) is 0 Å². The first-order valence-corrected chi connectivity index (χ1v) is 3.40. The van der Waals surface area contributed by atoms with Gasteiger partial charge in [0.2, 0.25) is 0 Å². The Morgan fingerprint density at radius 3 is 2.70 bits per heavy atom. The Morgan fingerprint density at radius 1 is 1.60 bits per heavy atom. The van der Waals surface area contributed by atoms with Gasteiger partial charge >= 0.3 is 0 Å². The van der Waals surface area contributed by atoms with Crippen molar-refractivity contribution in [2.24, 2.45) is 5.92 Å². The van der Waals surface area contributed by atoms with Gasteiger partial charge in [-0.25, -0.2) is 0 Å². The molecule has 0 aromatic rings. The summed E-state index contributed by atoms with van der Waals surface area (Å²) < 4.78 is 0. The number of allylic oxidation sites excluding steroid dienone is 4. The van der Waals surface area contributed by atoms with E-state index < -0.39 is 0 Å². The molecule has 0 heterocycles. The van der Waals surface area contributed by atoms with E-state index >= 15 is 0 Å². The molecule has 0 amide bonds. The molecular formula is C9H11O. The van der Waals surface area contributed by atoms with Crippen molar-refractivity contribution >= 4 is 5.78 Å². The van der Waals surface area contributed by atoms with Gasteiger partial charge in [0.1, 0.15) is 5.78 Å². The second-order valence-corrected chi connectivity index (χ2v) is 2.60. The minimum atomic E-state index is 0.0185. The molecule has 1 nitrogen and oxygen atoms in total. The smallest absolute Gasteiger partial charge is 0.137 e. The molecular weight excluding hydrogens is 124 g/mol. The van der Waals surface area contributed by atoms with Crippen LogP contribution >= 0.6 is 0 Å². The highest BCUT2D eigenvalue weighted by Crippen LogP contribution is 2.16. The van der Waals surface area contributed by atoms with E-state index in [1.807, 2.05) is 31.6 Å². The molecule has 10 heavy (non-hydrogen) atoms. The third-order valence-electron chi connectivity index (χ3n) is 1.59. The Morgan fingerprint density at radius 2 is 2.30 bits per heavy atom. The summed E-state index contributed by atoms with van der Waals surface area (Å²) in [7, 11) is 0. The van der Waals surface area contributed by atoms with Crippen molar-refractivity contribution in [3.63, 3.8) is 0 Å². The van der Waals surface area contributed by atoms with Crippen molar-refractivity contribution in [2.45, 2.75) is 13.8 Å². The fourth-order valence-electron chi connectivity index (χ4n) is 0.974. The van der Waals surface area contributed by atoms with Gasteiger partial charge in [-0.05, 0) is 13.8 Å². The van der Waals surface area contributed by atoms with Crippen LogP contribution in [-0.2, 0) is 4.79 Å². The molecule has 1 atom stereocenters. The summed E-state index contributed by atoms with van der Waals surface area (Å²) in [6.07, 6.45) is 7.82. The van der Waals surface area contributed by atoms with Crippen LogP contribution in [0.2, 0.25) is 0 Å². The van der Waals surface area contributed by atoms with Crippen molar-refractivity contribution in [1.82, 2.24) is 0 Å². The summed E-state index contributed by atoms with van der Waals surface area (Å²) >= 11 is 0. The van der Waals surface area contributed by atoms with Crippen molar-refractivity contribution < 1.29 is 4.79 Å². The number of rotatable bonds is 1. The molecule has 1 rings (SSSR count). The van der Waals surface area contributed by atoms with E-state index in [1.54, 1.807) is 6.92 Å². The first kappa shape index (κ1) is 7.26. The Hall–Kier alpha value is -0.850. The summed E-state index contributed by atoms with van der Waals surface area (Å²) in [4.78, 5) is 10.8. The average molecular weight is 135 g/mol. The first-order valence-electron chi connectivity index (χ1n) is 3.40. The quantitative estimate of drug-likeness (QED) is 0.536. The van der Waals surface area contributed by atoms with Crippen LogP contribution in [0.3, 0.4) is 0 Å². The second kappa shape index (κ2) is 2.82. The Balaban J connectivity index is 2.64. The molecule has 1 aliphatic rings. The summed E-state index contributed by atoms with van der Waals surface area (Å²) in [6, 6.07) is 0. The number of hydrogen-bond acceptors (Lipinski definition) is 1. The van der Waals surface area contributed by atoms with Crippen molar-refractivity contribution in [2.75, 3.05) is 0 Å². The van der Waals surface area contributed by atoms with E-state index in [0.29, 0.717) is 0 Å². The standard InChI is InChI=1S/C9H11O/c1-7-4-3-5-9(6-7)8(2)10/h3-6,9H,1-2H3. The third-order valence-corrected chi connectivity index (χ3v) is 1.59. The zero-order valence-corrected chi connectivity index (χ0v) is 6.29. The maximum absolute atomic E-state index is 10.8. The van der Waals surface area contributed by atoms with Crippen LogP contribution in [0.1, 0.15) is 13.8 Å². The molecule has 1 unspecified atom stereocenters. The van der Waals surface area contributed by atoms with E-state index in [0.717, 1.165) is 0 Å². The molecule has 1 aliphatic carbocycles. The van der Waals surface area contributed by atoms with Gasteiger partial charge in [-0.1, -0.05) is 23.8 Å². The van der Waals surface area contributed by atoms with Crippen LogP contribution in [0.25, 0.3) is 0 Å². The lowest BCUT2D eigenvalue weighted by atomic mass is 9.92. The number of hydrogen-bond donors (Lipinski definition) is 0. The molecule has 0 aromatic carbocycles. The maximum atomic E-state index is 10.8. The minimum Gasteiger partial charge on any atom is -0.299 e. The second-order valence-electron chi connectivity index (χ2n) is 2.60. The molecule has 0 fully saturated rings. The topological polar surface area (TPSA) is 17.1 Å². The van der Waals surface area contributed by atoms with Crippen LogP contribution in [0.5, 0.6) is 0 Å². The molecule has 0 saturated heterocycles. The zero-order chi connectivity index (χ0) is 7.56. The fourth-order valence-corrected chi connectivity index (χ4v) is 0.974. The SMILES string of the molecule is CC(=O)C1[CH]C(C)=CC=C1. The normalized spacial score (nSPS) is 24.2. The van der Waals surface area contributed by atoms with Crippen molar-refractivity contribution in [1.29, 1.82) is 0 Å². The van der Waals surface area contributed by atoms with Crippen molar-refractivity contribution in [3.8, 4) is 0 Å². The molecule has 0 aromatic heterocycles. The predicted molar refractivity (Wildman–Crippen MR) is 41.4 cm³/mol. The molecule has 0 saturated carbocycles. The summed E-state index contributed by atoms with van der Waals surface area (Å²) in [5, 5.41) is 0. The van der Waals surface area contributed by atoms with Gasteiger partial charge in [-0.3, -0.25) is 4.79 Å². The van der Waals surface area contributed by atoms with Crippen LogP contribution in [0.4, 0.5) is 0 Å². The number of ketones is 1. The Bertz CT molecular complexity index is 199. The highest BCUT2D eigenvalue weighted by Gasteiger charge is 2.12. The van der Waals surface area contributed by atoms with Gasteiger partial charge in [0.25, 0.3) is 0 Å². The van der Waals surface area contributed by atoms with Gasteiger partial charge in [0, 0.05) is 12.3 Å². The van der Waals surface area contributed by atoms with E-state index in [-0.39, 0.29) is 11.7 Å². The van der Waals surface area contributed by atoms with Crippen LogP contribution in [0.15, 0.2) is 23.8 Å². The Kier molecular flexibility index (Phi) is 2.05. The lowest BCUT2D eigenvalue weighted by Crippen LogP contribution is -2.10. The van der Waals surface area contributed by atoms with Crippen LogP contribution in [-0.4, -0.2) is 5.78 Å². The van der Waals surface area contributed by atoms with Crippen LogP contribution < -0.4 is 0 Å². The van der Waals surface area contributed by atoms with Crippen molar-refractivity contribution in [3.05, 3.63) is 30.2 Å². The molecule has 0 bridgehead atoms. The predicted octanol–water partition coefficient (Wildman–Crippen LogP) is 1.91. The van der Waals surface area contributed by atoms with Gasteiger partial charge in [-0.15, -0.1) is 0 Å². The minimum absolute atomic E-state index is 0.0185. The molecule has 0 N–H and O–H groups in total. The highest BCUT2D eigenvalue weighted by molar-refractivity contribution is 5.82. The number of Topliss-reactive ketones (excluding diaryl/α,β-unsaturated/α-hetero) is 1. The van der Waals surface area contributed by atoms with E-state index in [4.69, 9.17) is 0 Å². The van der Waals surface area contributed by atoms with E-state index in [2.05, 4.69) is 0 Å². The number of carbonyl (C=O) groups excluding carboxylic acids is 1. The third kappa shape index (κ3) is 1.56. The molecule has 0 spiro atoms. The lowest BCUT2D eigenvalue weighted by Gasteiger charge is -2.11. The van der Waals surface area contributed by atoms with Gasteiger partial charge in [0.05, 0.1) is 0 Å². The monoisotopic (exact) mass is 135 g/mol. The summed E-state index contributed by atoms with van der Waals surface area (Å²) in [5.41, 5.74) is 1.17. The maximum Gasteiger partial charge on any atom is 0.137 e. The number of carbonyl (C=O) groups is 1. The lowest BCUT2D eigenvalue weighted by molar-refractivity contribution is -0.118. The largest absolute Gasteiger partial charge is 0.299 e. The molecule has 1 heteroatoms. The van der Waals surface area contributed by atoms with Gasteiger partial charge in [0.15, 0.2) is 0 Å². The van der Waals surface area contributed by atoms with Gasteiger partial charge < -0.3 is 0 Å². The molecule has 53 valence electrons. The summed E-state index contributed by atoms with van der Waals surface area (Å²) in [5.74, 6) is 0.230. The highest BCUT2D eigenvalue weighted by atomic mass is 16.1. The van der Waals surface area contributed by atoms with Crippen LogP contribution in [0, 0.1) is 12.3 Å². The first-order chi connectivity index (χ1) is 4.70. The summed E-state index contributed by atoms with van der Waals surface area (Å²) in [6.45, 7) is 3.61. The van der Waals surface area contributed by atoms with E-state index in [1.165, 1.54) is 5.57 Å². The average Bonchev–Trinajstić information content (AvgIpc) is 1.88. The molecule has 0 aliphatic heterocycles. The Labute approximate surface area is 61.4 Å². The van der Waals surface area contributed by atoms with E-state index in [9.17, 15) is 4.79 Å².